The molecule has 0 aliphatic carbocycles. The van der Waals surface area contributed by atoms with Crippen molar-refractivity contribution in [2.45, 2.75) is 58.8 Å². The normalized spacial score (nSPS) is 11.0. The van der Waals surface area contributed by atoms with E-state index in [4.69, 9.17) is 0 Å². The number of carbonyl (C=O) groups is 1. The van der Waals surface area contributed by atoms with Gasteiger partial charge in [0.1, 0.15) is 18.5 Å². The third-order valence-corrected chi connectivity index (χ3v) is 3.27. The minimum absolute atomic E-state index is 0.325. The van der Waals surface area contributed by atoms with Crippen LogP contribution < -0.4 is 0 Å². The topological polar surface area (TPSA) is 78.5 Å². The average Bonchev–Trinajstić information content (AvgIpc) is 3.14. The van der Waals surface area contributed by atoms with Crippen LogP contribution in [0.25, 0.3) is 0 Å². The van der Waals surface area contributed by atoms with Gasteiger partial charge in [0.05, 0.1) is 0 Å². The van der Waals surface area contributed by atoms with Crippen molar-refractivity contribution in [3.8, 4) is 0 Å². The third kappa shape index (κ3) is 3.96. The highest BCUT2D eigenvalue weighted by Crippen LogP contribution is 2.08. The molecule has 0 atom stereocenters. The summed E-state index contributed by atoms with van der Waals surface area (Å²) in [5.74, 6) is 1.45. The zero-order valence-corrected chi connectivity index (χ0v) is 12.7. The highest BCUT2D eigenvalue weighted by molar-refractivity contribution is 5.77. The smallest absolute Gasteiger partial charge is 0.243 e. The van der Waals surface area contributed by atoms with Crippen molar-refractivity contribution in [1.82, 2.24) is 29.5 Å². The van der Waals surface area contributed by atoms with Gasteiger partial charge in [-0.3, -0.25) is 0 Å². The first-order valence-electron chi connectivity index (χ1n) is 7.60. The van der Waals surface area contributed by atoms with Gasteiger partial charge in [0, 0.05) is 12.8 Å². The van der Waals surface area contributed by atoms with Crippen molar-refractivity contribution in [2.24, 2.45) is 0 Å². The number of hydrogen-bond acceptors (Lipinski definition) is 5. The molecule has 7 heteroatoms. The van der Waals surface area contributed by atoms with Crippen LogP contribution in [0.1, 0.15) is 57.6 Å². The summed E-state index contributed by atoms with van der Waals surface area (Å²) in [7, 11) is 0. The monoisotopic (exact) mass is 290 g/mol. The summed E-state index contributed by atoms with van der Waals surface area (Å²) < 4.78 is 2.55. The molecule has 0 aliphatic heterocycles. The fourth-order valence-corrected chi connectivity index (χ4v) is 2.08. The van der Waals surface area contributed by atoms with E-state index in [2.05, 4.69) is 34.0 Å². The summed E-state index contributed by atoms with van der Waals surface area (Å²) in [6.07, 6.45) is 9.64. The van der Waals surface area contributed by atoms with E-state index >= 15 is 0 Å². The predicted octanol–water partition coefficient (Wildman–Crippen LogP) is 2.46. The maximum Gasteiger partial charge on any atom is 0.372 e. The number of carbonyl (C=O) groups excluding carboxylic acids is 1. The van der Waals surface area contributed by atoms with Crippen LogP contribution in [0.5, 0.6) is 0 Å². The Kier molecular flexibility index (Phi) is 5.59. The second kappa shape index (κ2) is 7.66. The number of aryl methyl sites for hydroxylation is 2. The van der Waals surface area contributed by atoms with Crippen molar-refractivity contribution < 1.29 is 4.79 Å². The van der Waals surface area contributed by atoms with Gasteiger partial charge in [0.25, 0.3) is 0 Å². The molecule has 0 aliphatic rings. The molecule has 0 amide bonds. The lowest BCUT2D eigenvalue weighted by Crippen LogP contribution is -2.23. The summed E-state index contributed by atoms with van der Waals surface area (Å²) in [6, 6.07) is -0.325. The van der Waals surface area contributed by atoms with Crippen LogP contribution in [0.3, 0.4) is 0 Å². The molecule has 0 unspecified atom stereocenters. The van der Waals surface area contributed by atoms with Crippen molar-refractivity contribution in [2.75, 3.05) is 0 Å². The lowest BCUT2D eigenvalue weighted by atomic mass is 10.2. The Bertz CT molecular complexity index is 560. The van der Waals surface area contributed by atoms with Crippen molar-refractivity contribution >= 4 is 6.03 Å². The summed E-state index contributed by atoms with van der Waals surface area (Å²) >= 11 is 0. The van der Waals surface area contributed by atoms with E-state index < -0.39 is 0 Å². The second-order valence-corrected chi connectivity index (χ2v) is 5.04. The Balaban J connectivity index is 2.19. The summed E-state index contributed by atoms with van der Waals surface area (Å²) in [4.78, 5) is 20.7. The van der Waals surface area contributed by atoms with Crippen molar-refractivity contribution in [3.63, 3.8) is 0 Å². The zero-order chi connectivity index (χ0) is 15.1. The van der Waals surface area contributed by atoms with E-state index in [1.165, 1.54) is 22.0 Å². The van der Waals surface area contributed by atoms with Crippen LogP contribution in [0.4, 0.5) is 4.79 Å². The highest BCUT2D eigenvalue weighted by Gasteiger charge is 2.17. The van der Waals surface area contributed by atoms with Crippen molar-refractivity contribution in [1.29, 1.82) is 0 Å². The molecular weight excluding hydrogens is 268 g/mol. The van der Waals surface area contributed by atoms with E-state index in [-0.39, 0.29) is 6.03 Å². The van der Waals surface area contributed by atoms with Crippen LogP contribution >= 0.6 is 0 Å². The molecular formula is C14H22N6O. The Morgan fingerprint density at radius 2 is 1.95 bits per heavy atom. The molecule has 0 aromatic carbocycles. The van der Waals surface area contributed by atoms with E-state index in [1.807, 2.05) is 0 Å². The molecule has 114 valence electrons. The standard InChI is InChI=1S/C14H22N6O/c1-3-5-7-9-13-17-12(8-6-4-2)18-20(13)14(21)19-11-15-10-16-19/h10-11H,3-9H2,1-2H3. The summed E-state index contributed by atoms with van der Waals surface area (Å²) in [5, 5.41) is 8.22. The molecule has 0 bridgehead atoms. The van der Waals surface area contributed by atoms with Crippen LogP contribution in [-0.2, 0) is 12.8 Å². The second-order valence-electron chi connectivity index (χ2n) is 5.04. The number of unbranched alkanes of at least 4 members (excludes halogenated alkanes) is 3. The minimum atomic E-state index is -0.325. The lowest BCUT2D eigenvalue weighted by Gasteiger charge is -2.03. The third-order valence-electron chi connectivity index (χ3n) is 3.27. The van der Waals surface area contributed by atoms with Gasteiger partial charge < -0.3 is 0 Å². The summed E-state index contributed by atoms with van der Waals surface area (Å²) in [5.41, 5.74) is 0. The average molecular weight is 290 g/mol. The van der Waals surface area contributed by atoms with Crippen LogP contribution in [0.15, 0.2) is 12.7 Å². The van der Waals surface area contributed by atoms with Gasteiger partial charge in [0.15, 0.2) is 5.82 Å². The lowest BCUT2D eigenvalue weighted by molar-refractivity contribution is 0.237. The fourth-order valence-electron chi connectivity index (χ4n) is 2.08. The van der Waals surface area contributed by atoms with E-state index in [0.29, 0.717) is 0 Å². The van der Waals surface area contributed by atoms with Gasteiger partial charge in [-0.1, -0.05) is 33.1 Å². The van der Waals surface area contributed by atoms with E-state index in [0.717, 1.165) is 56.6 Å². The number of nitrogens with zero attached hydrogens (tertiary/aromatic N) is 6. The molecule has 0 saturated carbocycles. The Hall–Kier alpha value is -2.05. The SMILES string of the molecule is CCCCCc1nc(CCCC)nn1C(=O)n1cncn1. The molecule has 0 spiro atoms. The van der Waals surface area contributed by atoms with Gasteiger partial charge in [-0.25, -0.2) is 14.8 Å². The first kappa shape index (κ1) is 15.3. The fraction of sp³-hybridized carbons (Fsp3) is 0.643. The molecule has 0 saturated heterocycles. The molecule has 0 N–H and O–H groups in total. The molecule has 7 nitrogen and oxygen atoms in total. The minimum Gasteiger partial charge on any atom is -0.243 e. The largest absolute Gasteiger partial charge is 0.372 e. The van der Waals surface area contributed by atoms with Crippen LogP contribution in [-0.4, -0.2) is 35.6 Å². The molecule has 2 heterocycles. The number of hydrogen-bond donors (Lipinski definition) is 0. The van der Waals surface area contributed by atoms with E-state index in [9.17, 15) is 4.79 Å². The molecule has 21 heavy (non-hydrogen) atoms. The molecule has 2 aromatic rings. The van der Waals surface area contributed by atoms with Gasteiger partial charge in [-0.05, 0) is 12.8 Å². The van der Waals surface area contributed by atoms with Gasteiger partial charge >= 0.3 is 6.03 Å². The Morgan fingerprint density at radius 1 is 1.14 bits per heavy atom. The van der Waals surface area contributed by atoms with Gasteiger partial charge in [-0.2, -0.15) is 14.5 Å². The summed E-state index contributed by atoms with van der Waals surface area (Å²) in [6.45, 7) is 4.28. The molecule has 2 aromatic heterocycles. The maximum absolute atomic E-state index is 12.4. The maximum atomic E-state index is 12.4. The zero-order valence-electron chi connectivity index (χ0n) is 12.7. The Labute approximate surface area is 124 Å². The van der Waals surface area contributed by atoms with Crippen LogP contribution in [0, 0.1) is 0 Å². The Morgan fingerprint density at radius 3 is 2.62 bits per heavy atom. The van der Waals surface area contributed by atoms with Crippen molar-refractivity contribution in [3.05, 3.63) is 24.3 Å². The van der Waals surface area contributed by atoms with Gasteiger partial charge in [-0.15, -0.1) is 5.10 Å². The molecule has 2 rings (SSSR count). The predicted molar refractivity (Wildman–Crippen MR) is 78.1 cm³/mol. The van der Waals surface area contributed by atoms with Crippen LogP contribution in [0.2, 0.25) is 0 Å². The quantitative estimate of drug-likeness (QED) is 0.732. The number of aromatic nitrogens is 6. The molecule has 0 fully saturated rings. The van der Waals surface area contributed by atoms with E-state index in [1.54, 1.807) is 0 Å². The van der Waals surface area contributed by atoms with Gasteiger partial charge in [0.2, 0.25) is 0 Å². The first-order valence-corrected chi connectivity index (χ1v) is 7.60. The molecule has 0 radical (unpaired) electrons. The highest BCUT2D eigenvalue weighted by atomic mass is 16.2. The first-order chi connectivity index (χ1) is 10.3. The number of rotatable bonds is 7.